The van der Waals surface area contributed by atoms with Crippen LogP contribution in [0, 0.1) is 7.14 Å². The van der Waals surface area contributed by atoms with E-state index in [0.717, 1.165) is 0 Å². The summed E-state index contributed by atoms with van der Waals surface area (Å²) >= 11 is -1.23. The molecule has 1 heteroatoms. The number of halogens is 1. The Morgan fingerprint density at radius 3 is 1.36 bits per heavy atom. The van der Waals surface area contributed by atoms with E-state index in [1.54, 1.807) is 7.14 Å². The summed E-state index contributed by atoms with van der Waals surface area (Å²) in [6, 6.07) is 22.5. The maximum atomic E-state index is 2.36. The van der Waals surface area contributed by atoms with Gasteiger partial charge in [-0.3, -0.25) is 0 Å². The molecule has 0 N–H and O–H groups in total. The van der Waals surface area contributed by atoms with E-state index in [1.165, 1.54) is 68.6 Å². The van der Waals surface area contributed by atoms with Gasteiger partial charge in [0, 0.05) is 0 Å². The van der Waals surface area contributed by atoms with Gasteiger partial charge in [-0.2, -0.15) is 0 Å². The zero-order valence-electron chi connectivity index (χ0n) is 15.9. The molecule has 0 fully saturated rings. The summed E-state index contributed by atoms with van der Waals surface area (Å²) in [5, 5.41) is 0. The van der Waals surface area contributed by atoms with E-state index in [2.05, 4.69) is 67.6 Å². The van der Waals surface area contributed by atoms with Crippen molar-refractivity contribution in [2.75, 3.05) is 4.43 Å². The minimum atomic E-state index is -1.23. The number of rotatable bonds is 13. The van der Waals surface area contributed by atoms with Gasteiger partial charge in [-0.25, -0.2) is 0 Å². The Hall–Kier alpha value is -0.830. The quantitative estimate of drug-likeness (QED) is 0.164. The third-order valence-electron chi connectivity index (χ3n) is 4.67. The summed E-state index contributed by atoms with van der Waals surface area (Å²) in [7, 11) is 0. The zero-order chi connectivity index (χ0) is 17.6. The van der Waals surface area contributed by atoms with Crippen LogP contribution in [0.4, 0.5) is 0 Å². The Labute approximate surface area is 162 Å². The Morgan fingerprint density at radius 1 is 0.520 bits per heavy atom. The van der Waals surface area contributed by atoms with Gasteiger partial charge >= 0.3 is 163 Å². The predicted octanol–water partition coefficient (Wildman–Crippen LogP) is 8.15. The second kappa shape index (κ2) is 13.4. The van der Waals surface area contributed by atoms with E-state index < -0.39 is 19.8 Å². The Balaban J connectivity index is 1.69. The second-order valence-corrected chi connectivity index (χ2v) is 12.5. The summed E-state index contributed by atoms with van der Waals surface area (Å²) in [6.45, 7) is 2.29. The molecule has 0 aliphatic heterocycles. The number of hydrogen-bond acceptors (Lipinski definition) is 0. The molecule has 0 radical (unpaired) electrons. The third kappa shape index (κ3) is 8.40. The fourth-order valence-corrected chi connectivity index (χ4v) is 9.03. The molecule has 2 aromatic carbocycles. The fourth-order valence-electron chi connectivity index (χ4n) is 3.19. The van der Waals surface area contributed by atoms with Crippen LogP contribution in [0.1, 0.15) is 71.1 Å². The number of unbranched alkanes of at least 4 members (excludes halogenated alkanes) is 9. The van der Waals surface area contributed by atoms with E-state index in [0.29, 0.717) is 0 Å². The van der Waals surface area contributed by atoms with Crippen LogP contribution in [0.3, 0.4) is 0 Å². The molecule has 0 atom stereocenters. The van der Waals surface area contributed by atoms with Crippen molar-refractivity contribution in [2.24, 2.45) is 0 Å². The molecule has 0 aromatic heterocycles. The van der Waals surface area contributed by atoms with E-state index in [1.807, 2.05) is 0 Å². The van der Waals surface area contributed by atoms with E-state index in [9.17, 15) is 0 Å². The van der Waals surface area contributed by atoms with Crippen molar-refractivity contribution in [3.63, 3.8) is 0 Å². The van der Waals surface area contributed by atoms with Crippen molar-refractivity contribution >= 4 is 19.8 Å². The molecular weight excluding hydrogens is 415 g/mol. The van der Waals surface area contributed by atoms with Crippen LogP contribution in [0.25, 0.3) is 0 Å². The van der Waals surface area contributed by atoms with Gasteiger partial charge in [-0.1, -0.05) is 0 Å². The Morgan fingerprint density at radius 2 is 0.920 bits per heavy atom. The molecule has 0 saturated heterocycles. The average molecular weight is 450 g/mol. The molecule has 0 amide bonds. The van der Waals surface area contributed by atoms with Gasteiger partial charge in [-0.15, -0.1) is 0 Å². The van der Waals surface area contributed by atoms with Crippen molar-refractivity contribution in [2.45, 2.75) is 71.1 Å². The van der Waals surface area contributed by atoms with Crippen LogP contribution in [-0.4, -0.2) is 4.43 Å². The third-order valence-corrected chi connectivity index (χ3v) is 11.0. The van der Waals surface area contributed by atoms with Crippen LogP contribution in [-0.2, 0) is 0 Å². The van der Waals surface area contributed by atoms with E-state index >= 15 is 0 Å². The van der Waals surface area contributed by atoms with Crippen LogP contribution >= 0.6 is 19.8 Å². The van der Waals surface area contributed by atoms with Crippen LogP contribution in [0.5, 0.6) is 0 Å². The molecule has 0 aliphatic rings. The van der Waals surface area contributed by atoms with Gasteiger partial charge in [0.25, 0.3) is 0 Å². The van der Waals surface area contributed by atoms with Crippen LogP contribution in [0.15, 0.2) is 60.7 Å². The van der Waals surface area contributed by atoms with Crippen LogP contribution < -0.4 is 0 Å². The minimum absolute atomic E-state index is 1.23. The molecule has 0 saturated carbocycles. The molecule has 0 spiro atoms. The van der Waals surface area contributed by atoms with E-state index in [4.69, 9.17) is 0 Å². The first-order valence-corrected chi connectivity index (χ1v) is 13.9. The van der Waals surface area contributed by atoms with Crippen molar-refractivity contribution in [3.05, 3.63) is 67.8 Å². The summed E-state index contributed by atoms with van der Waals surface area (Å²) < 4.78 is 4.66. The molecule has 0 unspecified atom stereocenters. The molecule has 0 aliphatic carbocycles. The van der Waals surface area contributed by atoms with E-state index in [-0.39, 0.29) is 0 Å². The number of benzene rings is 2. The zero-order valence-corrected chi connectivity index (χ0v) is 18.1. The van der Waals surface area contributed by atoms with Gasteiger partial charge in [0.2, 0.25) is 0 Å². The summed E-state index contributed by atoms with van der Waals surface area (Å²) in [4.78, 5) is 0. The molecule has 25 heavy (non-hydrogen) atoms. The molecule has 2 aromatic rings. The topological polar surface area (TPSA) is 0 Å². The Kier molecular flexibility index (Phi) is 11.0. The molecular formula is C24H35I. The molecule has 0 nitrogen and oxygen atoms in total. The average Bonchev–Trinajstić information content (AvgIpc) is 2.67. The molecule has 0 bridgehead atoms. The van der Waals surface area contributed by atoms with Gasteiger partial charge in [0.05, 0.1) is 0 Å². The van der Waals surface area contributed by atoms with Gasteiger partial charge in [-0.05, 0) is 0 Å². The first kappa shape index (κ1) is 20.5. The molecule has 138 valence electrons. The fraction of sp³-hybridized carbons (Fsp3) is 0.500. The summed E-state index contributed by atoms with van der Waals surface area (Å²) in [6.07, 6.45) is 14.3. The number of hydrogen-bond donors (Lipinski definition) is 0. The predicted molar refractivity (Wildman–Crippen MR) is 121 cm³/mol. The first-order valence-electron chi connectivity index (χ1n) is 10.2. The summed E-state index contributed by atoms with van der Waals surface area (Å²) in [5.41, 5.74) is 0. The SMILES string of the molecule is CCCCCCCCCCCCI(c1ccccc1)c1ccccc1. The normalized spacial score (nSPS) is 11.5. The second-order valence-electron chi connectivity index (χ2n) is 6.82. The van der Waals surface area contributed by atoms with Crippen molar-refractivity contribution < 1.29 is 0 Å². The van der Waals surface area contributed by atoms with Gasteiger partial charge in [0.15, 0.2) is 0 Å². The van der Waals surface area contributed by atoms with Crippen molar-refractivity contribution in [1.29, 1.82) is 0 Å². The monoisotopic (exact) mass is 450 g/mol. The van der Waals surface area contributed by atoms with Crippen molar-refractivity contribution in [3.8, 4) is 0 Å². The number of alkyl halides is 1. The van der Waals surface area contributed by atoms with Crippen molar-refractivity contribution in [1.82, 2.24) is 0 Å². The van der Waals surface area contributed by atoms with Gasteiger partial charge in [0.1, 0.15) is 0 Å². The molecule has 0 heterocycles. The Bertz CT molecular complexity index is 495. The van der Waals surface area contributed by atoms with Crippen LogP contribution in [0.2, 0.25) is 0 Å². The maximum absolute atomic E-state index is 2.36. The van der Waals surface area contributed by atoms with Gasteiger partial charge < -0.3 is 0 Å². The molecule has 2 rings (SSSR count). The summed E-state index contributed by atoms with van der Waals surface area (Å²) in [5.74, 6) is 0. The first-order chi connectivity index (χ1) is 12.4. The standard InChI is InChI=1S/C24H35I/c1-2-3-4-5-6-7-8-9-10-17-22-25(23-18-13-11-14-19-23)24-20-15-12-16-21-24/h11-16,18-21H,2-10,17,22H2,1H3.